The van der Waals surface area contributed by atoms with Crippen LogP contribution in [0.5, 0.6) is 0 Å². The number of aryl methyl sites for hydroxylation is 1. The zero-order valence-corrected chi connectivity index (χ0v) is 11.9. The molecule has 0 spiro atoms. The van der Waals surface area contributed by atoms with Crippen molar-refractivity contribution in [1.29, 1.82) is 0 Å². The monoisotopic (exact) mass is 300 g/mol. The zero-order chi connectivity index (χ0) is 14.5. The highest BCUT2D eigenvalue weighted by molar-refractivity contribution is 7.15. The summed E-state index contributed by atoms with van der Waals surface area (Å²) in [4.78, 5) is 31.4. The van der Waals surface area contributed by atoms with Gasteiger partial charge in [-0.1, -0.05) is 0 Å². The van der Waals surface area contributed by atoms with Gasteiger partial charge in [0.2, 0.25) is 5.91 Å². The molecule has 2 rings (SSSR count). The van der Waals surface area contributed by atoms with Crippen LogP contribution in [-0.4, -0.2) is 35.2 Å². The lowest BCUT2D eigenvalue weighted by molar-refractivity contribution is -0.757. The van der Waals surface area contributed by atoms with Gasteiger partial charge in [-0.15, -0.1) is 21.5 Å². The minimum absolute atomic E-state index is 0.00635. The predicted octanol–water partition coefficient (Wildman–Crippen LogP) is 0.893. The van der Waals surface area contributed by atoms with Crippen molar-refractivity contribution in [2.75, 3.05) is 18.5 Å². The summed E-state index contributed by atoms with van der Waals surface area (Å²) in [6, 6.07) is -0.152. The van der Waals surface area contributed by atoms with Gasteiger partial charge in [-0.3, -0.25) is 4.79 Å². The number of aromatic nitrogens is 1. The molecule has 1 fully saturated rings. The summed E-state index contributed by atoms with van der Waals surface area (Å²) in [6.45, 7) is 2.66. The summed E-state index contributed by atoms with van der Waals surface area (Å²) in [5, 5.41) is 15.7. The fourth-order valence-corrected chi connectivity index (χ4v) is 2.97. The van der Waals surface area contributed by atoms with Crippen molar-refractivity contribution in [2.24, 2.45) is 0 Å². The van der Waals surface area contributed by atoms with Crippen LogP contribution in [0, 0.1) is 17.0 Å². The Hall–Kier alpha value is -1.74. The van der Waals surface area contributed by atoms with Crippen LogP contribution in [0.1, 0.15) is 23.4 Å². The summed E-state index contributed by atoms with van der Waals surface area (Å²) < 4.78 is 0. The number of anilines is 1. The molecule has 20 heavy (non-hydrogen) atoms. The molecule has 0 saturated carbocycles. The first kappa shape index (κ1) is 14.7. The number of amides is 1. The lowest BCUT2D eigenvalue weighted by atomic mass is 10.2. The van der Waals surface area contributed by atoms with Crippen LogP contribution >= 0.6 is 11.3 Å². The van der Waals surface area contributed by atoms with Crippen LogP contribution in [0.25, 0.3) is 0 Å². The first-order valence-corrected chi connectivity index (χ1v) is 7.16. The molecule has 1 aromatic rings. The molecule has 0 aromatic carbocycles. The quantitative estimate of drug-likeness (QED) is 0.597. The molecule has 0 aliphatic carbocycles. The second-order valence-electron chi connectivity index (χ2n) is 4.47. The van der Waals surface area contributed by atoms with Crippen molar-refractivity contribution in [3.05, 3.63) is 20.7 Å². The van der Waals surface area contributed by atoms with Crippen LogP contribution in [0.15, 0.2) is 0 Å². The summed E-state index contributed by atoms with van der Waals surface area (Å²) in [5.74, 6) is -0.0793. The first-order chi connectivity index (χ1) is 9.56. The maximum atomic E-state index is 11.9. The third kappa shape index (κ3) is 3.87. The molecule has 2 N–H and O–H groups in total. The Morgan fingerprint density at radius 3 is 3.15 bits per heavy atom. The number of thiazole rings is 1. The van der Waals surface area contributed by atoms with Gasteiger partial charge < -0.3 is 15.5 Å². The molecule has 8 nitrogen and oxygen atoms in total. The highest BCUT2D eigenvalue weighted by Gasteiger charge is 2.23. The minimum Gasteiger partial charge on any atom is -0.314 e. The lowest BCUT2D eigenvalue weighted by Gasteiger charge is -2.08. The van der Waals surface area contributed by atoms with Gasteiger partial charge in [0.25, 0.3) is 5.09 Å². The minimum atomic E-state index is -0.815. The van der Waals surface area contributed by atoms with E-state index < -0.39 is 5.09 Å². The van der Waals surface area contributed by atoms with E-state index in [0.717, 1.165) is 30.0 Å². The lowest BCUT2D eigenvalue weighted by Crippen LogP contribution is -2.35. The third-order valence-electron chi connectivity index (χ3n) is 3.03. The van der Waals surface area contributed by atoms with E-state index in [4.69, 9.17) is 0 Å². The number of nitrogens with one attached hydrogen (secondary N) is 2. The summed E-state index contributed by atoms with van der Waals surface area (Å²) in [6.07, 6.45) is 2.24. The predicted molar refractivity (Wildman–Crippen MR) is 73.2 cm³/mol. The van der Waals surface area contributed by atoms with Gasteiger partial charge >= 0.3 is 0 Å². The van der Waals surface area contributed by atoms with Crippen molar-refractivity contribution < 1.29 is 14.7 Å². The van der Waals surface area contributed by atoms with Gasteiger partial charge in [-0.25, -0.2) is 4.98 Å². The van der Waals surface area contributed by atoms with E-state index in [0.29, 0.717) is 11.6 Å². The van der Waals surface area contributed by atoms with E-state index >= 15 is 0 Å². The number of nitrogens with zero attached hydrogens (tertiary/aromatic N) is 2. The molecule has 1 aliphatic rings. The number of carbonyl (C=O) groups is 1. The summed E-state index contributed by atoms with van der Waals surface area (Å²) in [7, 11) is 0. The molecule has 1 atom stereocenters. The van der Waals surface area contributed by atoms with Crippen LogP contribution < -0.4 is 10.6 Å². The largest absolute Gasteiger partial charge is 0.314 e. The molecule has 1 unspecified atom stereocenters. The van der Waals surface area contributed by atoms with Gasteiger partial charge in [-0.05, 0) is 26.3 Å². The maximum absolute atomic E-state index is 11.9. The molecule has 9 heteroatoms. The Bertz CT molecular complexity index is 499. The van der Waals surface area contributed by atoms with E-state index in [1.165, 1.54) is 11.3 Å². The van der Waals surface area contributed by atoms with Crippen LogP contribution in [-0.2, 0) is 16.1 Å². The smallest absolute Gasteiger partial charge is 0.294 e. The Kier molecular flexibility index (Phi) is 4.85. The normalized spacial score (nSPS) is 17.9. The molecule has 1 aromatic heterocycles. The Balaban J connectivity index is 1.89. The Morgan fingerprint density at radius 1 is 1.70 bits per heavy atom. The Labute approximate surface area is 119 Å². The van der Waals surface area contributed by atoms with Gasteiger partial charge in [0, 0.05) is 11.3 Å². The van der Waals surface area contributed by atoms with Gasteiger partial charge in [0.1, 0.15) is 6.61 Å². The SMILES string of the molecule is Cc1nc(NC(=O)C2CCCN2)sc1CCO[N+](=O)[O-]. The van der Waals surface area contributed by atoms with Crippen molar-refractivity contribution in [2.45, 2.75) is 32.2 Å². The van der Waals surface area contributed by atoms with Crippen LogP contribution in [0.2, 0.25) is 0 Å². The number of carbonyl (C=O) groups excluding carboxylic acids is 1. The molecular weight excluding hydrogens is 284 g/mol. The molecule has 1 amide bonds. The molecular formula is C11H16N4O4S. The molecule has 1 saturated heterocycles. The number of rotatable bonds is 6. The average Bonchev–Trinajstić information content (AvgIpc) is 2.99. The fourth-order valence-electron chi connectivity index (χ4n) is 2.03. The zero-order valence-electron chi connectivity index (χ0n) is 11.0. The van der Waals surface area contributed by atoms with Gasteiger partial charge in [0.05, 0.1) is 11.7 Å². The van der Waals surface area contributed by atoms with Crippen molar-refractivity contribution >= 4 is 22.4 Å². The van der Waals surface area contributed by atoms with E-state index in [1.807, 2.05) is 6.92 Å². The van der Waals surface area contributed by atoms with E-state index in [-0.39, 0.29) is 18.6 Å². The maximum Gasteiger partial charge on any atom is 0.294 e. The molecule has 110 valence electrons. The van der Waals surface area contributed by atoms with Crippen molar-refractivity contribution in [3.8, 4) is 0 Å². The van der Waals surface area contributed by atoms with Crippen molar-refractivity contribution in [3.63, 3.8) is 0 Å². The van der Waals surface area contributed by atoms with E-state index in [2.05, 4.69) is 20.5 Å². The third-order valence-corrected chi connectivity index (χ3v) is 4.16. The van der Waals surface area contributed by atoms with Crippen LogP contribution in [0.3, 0.4) is 0 Å². The van der Waals surface area contributed by atoms with E-state index in [1.54, 1.807) is 0 Å². The van der Waals surface area contributed by atoms with Crippen LogP contribution in [0.4, 0.5) is 5.13 Å². The molecule has 1 aliphatic heterocycles. The second-order valence-corrected chi connectivity index (χ2v) is 5.56. The molecule has 0 bridgehead atoms. The standard InChI is InChI=1S/C11H16N4O4S/c1-7-9(4-6-19-15(17)18)20-11(13-7)14-10(16)8-3-2-5-12-8/h8,12H,2-6H2,1H3,(H,13,14,16). The highest BCUT2D eigenvalue weighted by Crippen LogP contribution is 2.23. The first-order valence-electron chi connectivity index (χ1n) is 6.34. The molecule has 2 heterocycles. The summed E-state index contributed by atoms with van der Waals surface area (Å²) >= 11 is 1.32. The summed E-state index contributed by atoms with van der Waals surface area (Å²) in [5.41, 5.74) is 0.761. The van der Waals surface area contributed by atoms with Gasteiger partial charge in [0.15, 0.2) is 5.13 Å². The average molecular weight is 300 g/mol. The fraction of sp³-hybridized carbons (Fsp3) is 0.636. The molecule has 0 radical (unpaired) electrons. The highest BCUT2D eigenvalue weighted by atomic mass is 32.1. The van der Waals surface area contributed by atoms with E-state index in [9.17, 15) is 14.9 Å². The van der Waals surface area contributed by atoms with Gasteiger partial charge in [-0.2, -0.15) is 0 Å². The second kappa shape index (κ2) is 6.62. The number of hydrogen-bond acceptors (Lipinski definition) is 7. The van der Waals surface area contributed by atoms with Crippen molar-refractivity contribution in [1.82, 2.24) is 10.3 Å². The number of hydrogen-bond donors (Lipinski definition) is 2. The topological polar surface area (TPSA) is 106 Å². The Morgan fingerprint density at radius 2 is 2.50 bits per heavy atom.